The number of rotatable bonds is 6. The Labute approximate surface area is 149 Å². The third-order valence-corrected chi connectivity index (χ3v) is 7.45. The maximum Gasteiger partial charge on any atom is 0.284 e. The summed E-state index contributed by atoms with van der Waals surface area (Å²) in [6.07, 6.45) is 1.30. The average molecular weight is 408 g/mol. The standard InChI is InChI=1S/C13H16N2O7S3/c1-24(19,20)10-2-3-12(11(6-10)15(17)18)23-7-13(16)14-9-4-5-25(21,22)8-9/h2-3,6,9H,4-5,7-8H2,1H3,(H,14,16)/t9-/m0/s1. The largest absolute Gasteiger partial charge is 0.352 e. The predicted octanol–water partition coefficient (Wildman–Crippen LogP) is 0.394. The molecule has 12 heteroatoms. The van der Waals surface area contributed by atoms with Crippen LogP contribution < -0.4 is 5.32 Å². The minimum atomic E-state index is -3.58. The fourth-order valence-electron chi connectivity index (χ4n) is 2.31. The number of nitro groups is 1. The van der Waals surface area contributed by atoms with Crippen molar-refractivity contribution < 1.29 is 26.6 Å². The molecule has 1 aromatic carbocycles. The van der Waals surface area contributed by atoms with E-state index in [1.54, 1.807) is 0 Å². The van der Waals surface area contributed by atoms with Crippen LogP contribution in [-0.4, -0.2) is 57.2 Å². The number of hydrogen-bond donors (Lipinski definition) is 1. The van der Waals surface area contributed by atoms with Crippen molar-refractivity contribution in [2.24, 2.45) is 0 Å². The number of benzene rings is 1. The van der Waals surface area contributed by atoms with E-state index in [-0.39, 0.29) is 27.0 Å². The Kier molecular flexibility index (Phi) is 5.74. The summed E-state index contributed by atoms with van der Waals surface area (Å²) in [5, 5.41) is 13.7. The van der Waals surface area contributed by atoms with Crippen LogP contribution in [0.15, 0.2) is 28.0 Å². The summed E-state index contributed by atoms with van der Waals surface area (Å²) in [4.78, 5) is 22.3. The molecule has 1 atom stereocenters. The number of amides is 1. The molecule has 0 radical (unpaired) electrons. The summed E-state index contributed by atoms with van der Waals surface area (Å²) in [6, 6.07) is 3.04. The highest BCUT2D eigenvalue weighted by molar-refractivity contribution is 8.00. The van der Waals surface area contributed by atoms with Crippen molar-refractivity contribution in [2.75, 3.05) is 23.5 Å². The van der Waals surface area contributed by atoms with Crippen molar-refractivity contribution in [2.45, 2.75) is 22.3 Å². The van der Waals surface area contributed by atoms with Crippen LogP contribution >= 0.6 is 11.8 Å². The maximum absolute atomic E-state index is 11.9. The van der Waals surface area contributed by atoms with Crippen molar-refractivity contribution in [3.63, 3.8) is 0 Å². The van der Waals surface area contributed by atoms with Crippen LogP contribution in [0.3, 0.4) is 0 Å². The van der Waals surface area contributed by atoms with Gasteiger partial charge in [-0.15, -0.1) is 11.8 Å². The lowest BCUT2D eigenvalue weighted by molar-refractivity contribution is -0.388. The van der Waals surface area contributed by atoms with Crippen molar-refractivity contribution >= 4 is 43.0 Å². The molecule has 1 N–H and O–H groups in total. The van der Waals surface area contributed by atoms with Crippen molar-refractivity contribution in [3.05, 3.63) is 28.3 Å². The molecule has 1 amide bonds. The van der Waals surface area contributed by atoms with Gasteiger partial charge >= 0.3 is 0 Å². The van der Waals surface area contributed by atoms with Crippen LogP contribution in [0.4, 0.5) is 5.69 Å². The van der Waals surface area contributed by atoms with Crippen molar-refractivity contribution in [1.82, 2.24) is 5.32 Å². The zero-order valence-corrected chi connectivity index (χ0v) is 15.6. The highest BCUT2D eigenvalue weighted by Crippen LogP contribution is 2.31. The number of sulfone groups is 2. The van der Waals surface area contributed by atoms with Crippen LogP contribution in [0.25, 0.3) is 0 Å². The Bertz CT molecular complexity index is 910. The Morgan fingerprint density at radius 1 is 1.44 bits per heavy atom. The second kappa shape index (κ2) is 7.30. The fourth-order valence-corrected chi connectivity index (χ4v) is 5.44. The predicted molar refractivity (Wildman–Crippen MR) is 92.1 cm³/mol. The third-order valence-electron chi connectivity index (χ3n) is 3.51. The molecule has 9 nitrogen and oxygen atoms in total. The minimum absolute atomic E-state index is 0.0313. The molecule has 0 aliphatic carbocycles. The van der Waals surface area contributed by atoms with E-state index in [0.717, 1.165) is 24.1 Å². The van der Waals surface area contributed by atoms with Gasteiger partial charge in [0.2, 0.25) is 5.91 Å². The Balaban J connectivity index is 2.05. The second-order valence-electron chi connectivity index (χ2n) is 5.61. The first-order chi connectivity index (χ1) is 11.5. The molecule has 0 spiro atoms. The van der Waals surface area contributed by atoms with Gasteiger partial charge < -0.3 is 5.32 Å². The summed E-state index contributed by atoms with van der Waals surface area (Å²) >= 11 is 0.888. The lowest BCUT2D eigenvalue weighted by Crippen LogP contribution is -2.36. The van der Waals surface area contributed by atoms with Crippen LogP contribution in [0, 0.1) is 10.1 Å². The first-order valence-corrected chi connectivity index (χ1v) is 11.8. The summed E-state index contributed by atoms with van der Waals surface area (Å²) in [7, 11) is -6.70. The van der Waals surface area contributed by atoms with E-state index in [4.69, 9.17) is 0 Å². The summed E-state index contributed by atoms with van der Waals surface area (Å²) < 4.78 is 45.7. The molecule has 0 saturated carbocycles. The van der Waals surface area contributed by atoms with E-state index in [9.17, 15) is 31.7 Å². The summed E-state index contributed by atoms with van der Waals surface area (Å²) in [5.41, 5.74) is -0.399. The fraction of sp³-hybridized carbons (Fsp3) is 0.462. The van der Waals surface area contributed by atoms with E-state index in [1.165, 1.54) is 12.1 Å². The van der Waals surface area contributed by atoms with Crippen LogP contribution in [0.5, 0.6) is 0 Å². The summed E-state index contributed by atoms with van der Waals surface area (Å²) in [6.45, 7) is 0. The molecule has 1 aliphatic heterocycles. The van der Waals surface area contributed by atoms with Gasteiger partial charge in [-0.2, -0.15) is 0 Å². The highest BCUT2D eigenvalue weighted by atomic mass is 32.2. The van der Waals surface area contributed by atoms with Gasteiger partial charge in [0.15, 0.2) is 19.7 Å². The van der Waals surface area contributed by atoms with E-state index < -0.39 is 42.2 Å². The molecule has 0 aromatic heterocycles. The molecule has 1 aromatic rings. The molecule has 25 heavy (non-hydrogen) atoms. The van der Waals surface area contributed by atoms with Crippen LogP contribution in [0.1, 0.15) is 6.42 Å². The highest BCUT2D eigenvalue weighted by Gasteiger charge is 2.29. The van der Waals surface area contributed by atoms with Crippen LogP contribution in [-0.2, 0) is 24.5 Å². The number of carbonyl (C=O) groups excluding carboxylic acids is 1. The topological polar surface area (TPSA) is 141 Å². The molecular weight excluding hydrogens is 392 g/mol. The van der Waals surface area contributed by atoms with E-state index in [2.05, 4.69) is 5.32 Å². The molecule has 1 aliphatic rings. The summed E-state index contributed by atoms with van der Waals surface area (Å²) in [5.74, 6) is -0.653. The molecule has 2 rings (SSSR count). The number of hydrogen-bond acceptors (Lipinski definition) is 8. The first-order valence-electron chi connectivity index (χ1n) is 7.09. The lowest BCUT2D eigenvalue weighted by atomic mass is 10.3. The van der Waals surface area contributed by atoms with Crippen molar-refractivity contribution in [1.29, 1.82) is 0 Å². The van der Waals surface area contributed by atoms with Gasteiger partial charge in [-0.25, -0.2) is 16.8 Å². The van der Waals surface area contributed by atoms with Gasteiger partial charge in [-0.3, -0.25) is 14.9 Å². The number of nitrogens with zero attached hydrogens (tertiary/aromatic N) is 1. The quantitative estimate of drug-likeness (QED) is 0.405. The van der Waals surface area contributed by atoms with Gasteiger partial charge in [0.05, 0.1) is 32.0 Å². The zero-order valence-electron chi connectivity index (χ0n) is 13.2. The SMILES string of the molecule is CS(=O)(=O)c1ccc(SCC(=O)N[C@H]2CCS(=O)(=O)C2)c([N+](=O)[O-])c1. The number of nitro benzene ring substituents is 1. The second-order valence-corrected chi connectivity index (χ2v) is 10.9. The number of thioether (sulfide) groups is 1. The van der Waals surface area contributed by atoms with Crippen LogP contribution in [0.2, 0.25) is 0 Å². The van der Waals surface area contributed by atoms with E-state index in [1.807, 2.05) is 0 Å². The molecule has 0 unspecified atom stereocenters. The van der Waals surface area contributed by atoms with Crippen molar-refractivity contribution in [3.8, 4) is 0 Å². The maximum atomic E-state index is 11.9. The lowest BCUT2D eigenvalue weighted by Gasteiger charge is -2.10. The van der Waals surface area contributed by atoms with E-state index in [0.29, 0.717) is 6.42 Å². The monoisotopic (exact) mass is 408 g/mol. The molecule has 0 bridgehead atoms. The molecular formula is C13H16N2O7S3. The number of nitrogens with one attached hydrogen (secondary N) is 1. The molecule has 1 fully saturated rings. The molecule has 138 valence electrons. The Morgan fingerprint density at radius 3 is 2.64 bits per heavy atom. The normalized spacial score (nSPS) is 19.5. The van der Waals surface area contributed by atoms with Gasteiger partial charge in [0.25, 0.3) is 5.69 Å². The minimum Gasteiger partial charge on any atom is -0.352 e. The third kappa shape index (κ3) is 5.41. The van der Waals surface area contributed by atoms with Gasteiger partial charge in [0.1, 0.15) is 0 Å². The molecule has 1 saturated heterocycles. The van der Waals surface area contributed by atoms with E-state index >= 15 is 0 Å². The smallest absolute Gasteiger partial charge is 0.284 e. The van der Waals surface area contributed by atoms with Gasteiger partial charge in [-0.05, 0) is 18.6 Å². The Hall–Kier alpha value is -1.66. The first kappa shape index (κ1) is 19.7. The van der Waals surface area contributed by atoms with Gasteiger partial charge in [0, 0.05) is 18.4 Å². The number of carbonyl (C=O) groups is 1. The van der Waals surface area contributed by atoms with Gasteiger partial charge in [-0.1, -0.05) is 0 Å². The Morgan fingerprint density at radius 2 is 2.12 bits per heavy atom. The zero-order chi connectivity index (χ0) is 18.8. The molecule has 1 heterocycles. The average Bonchev–Trinajstić information content (AvgIpc) is 2.82.